The number of aromatic nitrogens is 2. The number of ether oxygens (including phenoxy) is 3. The third-order valence-electron chi connectivity index (χ3n) is 4.74. The first-order chi connectivity index (χ1) is 13.2. The number of anilines is 1. The molecule has 0 saturated carbocycles. The number of hydrogen-bond acceptors (Lipinski definition) is 12. The van der Waals surface area contributed by atoms with Crippen molar-refractivity contribution in [1.29, 1.82) is 0 Å². The van der Waals surface area contributed by atoms with Crippen molar-refractivity contribution >= 4 is 5.82 Å². The van der Waals surface area contributed by atoms with E-state index in [0.29, 0.717) is 0 Å². The van der Waals surface area contributed by atoms with Gasteiger partial charge in [0.25, 0.3) is 0 Å². The first-order valence-electron chi connectivity index (χ1n) is 8.53. The van der Waals surface area contributed by atoms with Gasteiger partial charge in [-0.2, -0.15) is 4.98 Å². The van der Waals surface area contributed by atoms with E-state index in [9.17, 15) is 30.3 Å². The van der Waals surface area contributed by atoms with Gasteiger partial charge in [-0.3, -0.25) is 4.57 Å². The van der Waals surface area contributed by atoms with Gasteiger partial charge in [0.15, 0.2) is 12.5 Å². The molecule has 2 aliphatic heterocycles. The van der Waals surface area contributed by atoms with Crippen LogP contribution in [0.25, 0.3) is 0 Å². The summed E-state index contributed by atoms with van der Waals surface area (Å²) in [6, 6.07) is 1.32. The molecule has 3 rings (SSSR count). The number of nitrogen functional groups attached to an aromatic ring is 1. The molecule has 0 amide bonds. The minimum Gasteiger partial charge on any atom is -0.394 e. The second-order valence-corrected chi connectivity index (χ2v) is 6.62. The highest BCUT2D eigenvalue weighted by Gasteiger charge is 2.47. The maximum Gasteiger partial charge on any atom is 0.351 e. The van der Waals surface area contributed by atoms with Crippen molar-refractivity contribution in [3.63, 3.8) is 0 Å². The van der Waals surface area contributed by atoms with Crippen molar-refractivity contribution in [2.45, 2.75) is 55.2 Å². The summed E-state index contributed by atoms with van der Waals surface area (Å²) in [4.78, 5) is 15.4. The van der Waals surface area contributed by atoms with E-state index >= 15 is 0 Å². The standard InChI is InChI=1S/C15H23N3O10/c16-7-1-2-18(15(25)17-7)13-11(23)9(21)6(27-13)4-26-14-12(24)10(22)8(20)5(3-19)28-14/h1-2,5-6,8-14,19-24H,3-4H2,(H2,16,17,25)/t5-,6-,8+,9-,10+,11+,12-,13-,14-/m1/s1. The fourth-order valence-corrected chi connectivity index (χ4v) is 3.11. The zero-order valence-electron chi connectivity index (χ0n) is 14.6. The Morgan fingerprint density at radius 1 is 1.04 bits per heavy atom. The predicted octanol–water partition coefficient (Wildman–Crippen LogP) is -4.74. The van der Waals surface area contributed by atoms with Crippen LogP contribution < -0.4 is 11.4 Å². The van der Waals surface area contributed by atoms with E-state index in [4.69, 9.17) is 25.1 Å². The molecule has 0 aromatic carbocycles. The van der Waals surface area contributed by atoms with Gasteiger partial charge in [-0.25, -0.2) is 4.79 Å². The number of nitrogens with two attached hydrogens (primary N) is 1. The molecule has 0 radical (unpaired) electrons. The normalized spacial score (nSPS) is 41.3. The van der Waals surface area contributed by atoms with Crippen molar-refractivity contribution in [2.75, 3.05) is 18.9 Å². The highest BCUT2D eigenvalue weighted by molar-refractivity contribution is 5.23. The Bertz CT molecular complexity index is 730. The summed E-state index contributed by atoms with van der Waals surface area (Å²) in [5.74, 6) is -0.0169. The van der Waals surface area contributed by atoms with Crippen molar-refractivity contribution < 1.29 is 44.8 Å². The van der Waals surface area contributed by atoms with Crippen molar-refractivity contribution in [1.82, 2.24) is 9.55 Å². The van der Waals surface area contributed by atoms with Gasteiger partial charge in [0, 0.05) is 6.20 Å². The summed E-state index contributed by atoms with van der Waals surface area (Å²) in [5, 5.41) is 59.0. The van der Waals surface area contributed by atoms with Gasteiger partial charge in [0.2, 0.25) is 0 Å². The summed E-state index contributed by atoms with van der Waals surface area (Å²) in [6.45, 7) is -1.02. The van der Waals surface area contributed by atoms with Gasteiger partial charge < -0.3 is 50.6 Å². The fourth-order valence-electron chi connectivity index (χ4n) is 3.11. The molecule has 0 aliphatic carbocycles. The first kappa shape index (κ1) is 21.0. The molecule has 2 aliphatic rings. The zero-order chi connectivity index (χ0) is 20.6. The molecule has 28 heavy (non-hydrogen) atoms. The van der Waals surface area contributed by atoms with Gasteiger partial charge in [-0.05, 0) is 6.07 Å². The SMILES string of the molecule is Nc1ccn([C@@H]2O[C@H](CO[C@@H]3O[C@H](CO)[C@H](O)[C@H](O)[C@H]3O)[C@@H](O)[C@@H]2O)c(=O)n1. The molecular weight excluding hydrogens is 382 g/mol. The van der Waals surface area contributed by atoms with E-state index in [2.05, 4.69) is 4.98 Å². The van der Waals surface area contributed by atoms with Gasteiger partial charge in [-0.1, -0.05) is 0 Å². The summed E-state index contributed by atoms with van der Waals surface area (Å²) in [5.41, 5.74) is 4.63. The first-order valence-corrected chi connectivity index (χ1v) is 8.53. The molecule has 8 N–H and O–H groups in total. The van der Waals surface area contributed by atoms with Crippen LogP contribution in [0.5, 0.6) is 0 Å². The van der Waals surface area contributed by atoms with E-state index in [1.54, 1.807) is 0 Å². The smallest absolute Gasteiger partial charge is 0.351 e. The Kier molecular flexibility index (Phi) is 6.28. The number of nitrogens with zero attached hydrogens (tertiary/aromatic N) is 2. The molecule has 13 nitrogen and oxygen atoms in total. The fraction of sp³-hybridized carbons (Fsp3) is 0.733. The van der Waals surface area contributed by atoms with Crippen LogP contribution in [0.2, 0.25) is 0 Å². The molecular formula is C15H23N3O10. The summed E-state index contributed by atoms with van der Waals surface area (Å²) in [7, 11) is 0. The quantitative estimate of drug-likeness (QED) is 0.246. The molecule has 2 fully saturated rings. The largest absolute Gasteiger partial charge is 0.394 e. The van der Waals surface area contributed by atoms with E-state index in [1.165, 1.54) is 12.3 Å². The van der Waals surface area contributed by atoms with Crippen LogP contribution in [0.3, 0.4) is 0 Å². The Morgan fingerprint density at radius 2 is 1.71 bits per heavy atom. The maximum atomic E-state index is 11.9. The second-order valence-electron chi connectivity index (χ2n) is 6.62. The molecule has 1 aromatic heterocycles. The average Bonchev–Trinajstić information content (AvgIpc) is 2.94. The average molecular weight is 405 g/mol. The van der Waals surface area contributed by atoms with E-state index in [1.807, 2.05) is 0 Å². The second kappa shape index (κ2) is 8.36. The van der Waals surface area contributed by atoms with E-state index in [0.717, 1.165) is 4.57 Å². The lowest BCUT2D eigenvalue weighted by molar-refractivity contribution is -0.306. The molecule has 0 unspecified atom stereocenters. The van der Waals surface area contributed by atoms with Crippen LogP contribution >= 0.6 is 0 Å². The van der Waals surface area contributed by atoms with Crippen LogP contribution in [-0.4, -0.2) is 102 Å². The third kappa shape index (κ3) is 3.89. The number of rotatable bonds is 5. The van der Waals surface area contributed by atoms with Crippen molar-refractivity contribution in [3.05, 3.63) is 22.7 Å². The highest BCUT2D eigenvalue weighted by Crippen LogP contribution is 2.30. The van der Waals surface area contributed by atoms with Gasteiger partial charge >= 0.3 is 5.69 Å². The molecule has 13 heteroatoms. The number of aliphatic hydroxyl groups is 6. The summed E-state index contributed by atoms with van der Waals surface area (Å²) >= 11 is 0. The Hall–Kier alpha value is -1.68. The molecule has 0 spiro atoms. The lowest BCUT2D eigenvalue weighted by atomic mass is 9.99. The molecule has 0 bridgehead atoms. The van der Waals surface area contributed by atoms with Gasteiger partial charge in [0.1, 0.15) is 48.5 Å². The van der Waals surface area contributed by atoms with Crippen LogP contribution in [-0.2, 0) is 14.2 Å². The molecule has 1 aromatic rings. The summed E-state index contributed by atoms with van der Waals surface area (Å²) in [6.07, 6.45) is -11.4. The number of aliphatic hydroxyl groups excluding tert-OH is 6. The topological polar surface area (TPSA) is 210 Å². The van der Waals surface area contributed by atoms with Crippen LogP contribution in [0, 0.1) is 0 Å². The minimum atomic E-state index is -1.62. The minimum absolute atomic E-state index is 0.0169. The third-order valence-corrected chi connectivity index (χ3v) is 4.74. The lowest BCUT2D eigenvalue weighted by Gasteiger charge is -2.39. The molecule has 9 atom stereocenters. The Labute approximate surface area is 158 Å². The predicted molar refractivity (Wildman–Crippen MR) is 88.6 cm³/mol. The van der Waals surface area contributed by atoms with E-state index < -0.39 is 74.1 Å². The van der Waals surface area contributed by atoms with Crippen LogP contribution in [0.15, 0.2) is 17.1 Å². The lowest BCUT2D eigenvalue weighted by Crippen LogP contribution is -2.59. The van der Waals surface area contributed by atoms with Gasteiger partial charge in [0.05, 0.1) is 13.2 Å². The maximum absolute atomic E-state index is 11.9. The zero-order valence-corrected chi connectivity index (χ0v) is 14.6. The Balaban J connectivity index is 1.66. The van der Waals surface area contributed by atoms with Gasteiger partial charge in [-0.15, -0.1) is 0 Å². The number of hydrogen-bond donors (Lipinski definition) is 7. The van der Waals surface area contributed by atoms with Crippen LogP contribution in [0.4, 0.5) is 5.82 Å². The molecule has 3 heterocycles. The highest BCUT2D eigenvalue weighted by atomic mass is 16.7. The summed E-state index contributed by atoms with van der Waals surface area (Å²) < 4.78 is 16.9. The van der Waals surface area contributed by atoms with Crippen molar-refractivity contribution in [3.8, 4) is 0 Å². The monoisotopic (exact) mass is 405 g/mol. The van der Waals surface area contributed by atoms with Crippen LogP contribution in [0.1, 0.15) is 6.23 Å². The molecule has 2 saturated heterocycles. The molecule has 158 valence electrons. The Morgan fingerprint density at radius 3 is 2.36 bits per heavy atom. The van der Waals surface area contributed by atoms with Crippen molar-refractivity contribution in [2.24, 2.45) is 0 Å². The van der Waals surface area contributed by atoms with E-state index in [-0.39, 0.29) is 5.82 Å².